The van der Waals surface area contributed by atoms with Gasteiger partial charge < -0.3 is 28.5 Å². The van der Waals surface area contributed by atoms with Crippen LogP contribution in [0.25, 0.3) is 0 Å². The van der Waals surface area contributed by atoms with Crippen molar-refractivity contribution in [3.05, 3.63) is 72.9 Å². The number of carbonyl (C=O) groups excluding carboxylic acids is 2. The Hall–Kier alpha value is -2.55. The largest absolute Gasteiger partial charge is 0.756 e. The zero-order valence-corrected chi connectivity index (χ0v) is 51.3. The smallest absolute Gasteiger partial charge is 0.306 e. The molecular formula is C66H121N2O7P. The summed E-state index contributed by atoms with van der Waals surface area (Å²) in [6.45, 7) is 6.73. The van der Waals surface area contributed by atoms with Crippen LogP contribution in [0.1, 0.15) is 284 Å². The van der Waals surface area contributed by atoms with Crippen molar-refractivity contribution in [1.29, 1.82) is 0 Å². The van der Waals surface area contributed by atoms with Gasteiger partial charge in [-0.05, 0) is 76.7 Å². The number of nitrogens with one attached hydrogen (secondary N) is 1. The molecule has 0 aliphatic carbocycles. The average Bonchev–Trinajstić information content (AvgIpc) is 3.38. The third-order valence-corrected chi connectivity index (χ3v) is 14.9. The number of rotatable bonds is 57. The first-order chi connectivity index (χ1) is 36.9. The molecule has 0 aliphatic rings. The van der Waals surface area contributed by atoms with E-state index < -0.39 is 26.6 Å². The van der Waals surface area contributed by atoms with Crippen LogP contribution in [0.2, 0.25) is 0 Å². The van der Waals surface area contributed by atoms with Gasteiger partial charge in [-0.1, -0.05) is 267 Å². The molecule has 0 aliphatic heterocycles. The predicted octanol–water partition coefficient (Wildman–Crippen LogP) is 19.0. The summed E-state index contributed by atoms with van der Waals surface area (Å²) in [6, 6.07) is -0.893. The number of nitrogens with zero attached hydrogens (tertiary/aromatic N) is 1. The fourth-order valence-electron chi connectivity index (χ4n) is 9.02. The highest BCUT2D eigenvalue weighted by Gasteiger charge is 2.27. The fourth-order valence-corrected chi connectivity index (χ4v) is 9.74. The molecule has 1 amide bonds. The van der Waals surface area contributed by atoms with Crippen molar-refractivity contribution in [3.8, 4) is 0 Å². The minimum atomic E-state index is -4.70. The van der Waals surface area contributed by atoms with Crippen molar-refractivity contribution >= 4 is 19.7 Å². The Balaban J connectivity index is 5.18. The molecule has 3 atom stereocenters. The molecule has 3 unspecified atom stereocenters. The van der Waals surface area contributed by atoms with E-state index in [1.54, 1.807) is 0 Å². The lowest BCUT2D eigenvalue weighted by Gasteiger charge is -2.30. The van der Waals surface area contributed by atoms with E-state index in [0.717, 1.165) is 103 Å². The number of likely N-dealkylation sites (N-methyl/N-ethyl adjacent to an activating group) is 1. The Morgan fingerprint density at radius 1 is 0.474 bits per heavy atom. The normalized spacial score (nSPS) is 14.1. The van der Waals surface area contributed by atoms with Gasteiger partial charge in [0.15, 0.2) is 0 Å². The van der Waals surface area contributed by atoms with Crippen LogP contribution in [-0.2, 0) is 27.9 Å². The zero-order valence-electron chi connectivity index (χ0n) is 50.4. The molecule has 0 aromatic carbocycles. The van der Waals surface area contributed by atoms with Gasteiger partial charge in [-0.3, -0.25) is 14.2 Å². The van der Waals surface area contributed by atoms with Crippen LogP contribution in [0.15, 0.2) is 72.9 Å². The van der Waals surface area contributed by atoms with Crippen LogP contribution in [0.4, 0.5) is 0 Å². The van der Waals surface area contributed by atoms with Crippen molar-refractivity contribution in [1.82, 2.24) is 5.32 Å². The maximum absolute atomic E-state index is 13.5. The summed E-state index contributed by atoms with van der Waals surface area (Å²) in [5, 5.41) is 3.03. The number of esters is 1. The molecule has 9 nitrogen and oxygen atoms in total. The lowest BCUT2D eigenvalue weighted by molar-refractivity contribution is -0.870. The highest BCUT2D eigenvalue weighted by molar-refractivity contribution is 7.45. The second kappa shape index (κ2) is 55.8. The number of phosphoric ester groups is 1. The maximum atomic E-state index is 13.5. The van der Waals surface area contributed by atoms with E-state index >= 15 is 0 Å². The summed E-state index contributed by atoms with van der Waals surface area (Å²) in [5.41, 5.74) is 0. The van der Waals surface area contributed by atoms with Gasteiger partial charge in [0.25, 0.3) is 7.82 Å². The molecule has 0 spiro atoms. The van der Waals surface area contributed by atoms with Gasteiger partial charge >= 0.3 is 5.97 Å². The van der Waals surface area contributed by atoms with E-state index in [0.29, 0.717) is 17.4 Å². The van der Waals surface area contributed by atoms with Gasteiger partial charge in [0.2, 0.25) is 5.91 Å². The number of phosphoric acid groups is 1. The number of carbonyl (C=O) groups is 2. The standard InChI is InChI=1S/C66H121N2O7P/c1-7-10-13-16-19-22-25-27-29-31-32-33-34-35-36-37-39-41-44-47-50-53-56-59-66(70)75-64(57-54-51-48-45-42-24-21-18-15-12-9-3)63(62-74-76(71,72)73-61-60-68(4,5)6)67-65(69)58-55-52-49-46-43-40-38-30-28-26-23-20-17-14-11-8-2/h10,13,19,22,27,29,32-33,35-36,54,57,63-64H,7-9,11-12,14-18,20-21,23-26,28,30-31,34,37-53,55-56,58-62H2,1-6H3,(H-,67,69,71,72)/b13-10-,22-19-,29-27-,33-32-,36-35-,57-54+. The number of unbranched alkanes of at least 4 members (excludes halogenated alkanes) is 31. The Kier molecular flexibility index (Phi) is 53.9. The maximum Gasteiger partial charge on any atom is 0.306 e. The predicted molar refractivity (Wildman–Crippen MR) is 325 cm³/mol. The molecule has 0 fully saturated rings. The van der Waals surface area contributed by atoms with Crippen LogP contribution >= 0.6 is 7.82 Å². The van der Waals surface area contributed by atoms with Gasteiger partial charge in [-0.25, -0.2) is 0 Å². The number of hydrogen-bond donors (Lipinski definition) is 1. The molecule has 0 heterocycles. The number of ether oxygens (including phenoxy) is 1. The molecule has 1 N–H and O–H groups in total. The summed E-state index contributed by atoms with van der Waals surface area (Å²) in [4.78, 5) is 40.0. The SMILES string of the molecule is CC/C=C\C/C=C\C/C=C\C/C=C\C/C=C\CCCCCCCCCC(=O)OC(/C=C/CCCCCCCCCCC)C(COP(=O)([O-])OCC[N+](C)(C)C)NC(=O)CCCCCCCCCCCCCCCCCC. The van der Waals surface area contributed by atoms with E-state index in [1.807, 2.05) is 33.3 Å². The Bertz CT molecular complexity index is 1530. The molecule has 0 radical (unpaired) electrons. The van der Waals surface area contributed by atoms with Gasteiger partial charge in [-0.2, -0.15) is 0 Å². The van der Waals surface area contributed by atoms with Crippen LogP contribution in [0.3, 0.4) is 0 Å². The molecule has 442 valence electrons. The first kappa shape index (κ1) is 73.5. The molecular weight excluding hydrogens is 964 g/mol. The molecule has 76 heavy (non-hydrogen) atoms. The van der Waals surface area contributed by atoms with Crippen molar-refractivity contribution in [2.24, 2.45) is 0 Å². The van der Waals surface area contributed by atoms with E-state index in [4.69, 9.17) is 13.8 Å². The van der Waals surface area contributed by atoms with E-state index in [2.05, 4.69) is 86.8 Å². The van der Waals surface area contributed by atoms with Crippen molar-refractivity contribution in [2.45, 2.75) is 296 Å². The lowest BCUT2D eigenvalue weighted by Crippen LogP contribution is -2.47. The summed E-state index contributed by atoms with van der Waals surface area (Å²) >= 11 is 0. The monoisotopic (exact) mass is 1080 g/mol. The molecule has 0 rings (SSSR count). The second-order valence-electron chi connectivity index (χ2n) is 22.5. The van der Waals surface area contributed by atoms with Crippen LogP contribution in [0.5, 0.6) is 0 Å². The lowest BCUT2D eigenvalue weighted by atomic mass is 10.0. The minimum absolute atomic E-state index is 0.0251. The van der Waals surface area contributed by atoms with E-state index in [1.165, 1.54) is 148 Å². The number of quaternary nitrogens is 1. The molecule has 0 saturated heterocycles. The summed E-state index contributed by atoms with van der Waals surface area (Å²) in [6.07, 6.45) is 71.5. The Morgan fingerprint density at radius 3 is 1.26 bits per heavy atom. The van der Waals surface area contributed by atoms with Crippen molar-refractivity contribution in [3.63, 3.8) is 0 Å². The van der Waals surface area contributed by atoms with Gasteiger partial charge in [0.05, 0.1) is 33.8 Å². The number of allylic oxidation sites excluding steroid dienone is 11. The summed E-state index contributed by atoms with van der Waals surface area (Å²) < 4.78 is 30.3. The number of amides is 1. The van der Waals surface area contributed by atoms with Crippen LogP contribution in [-0.4, -0.2) is 69.4 Å². The third-order valence-electron chi connectivity index (χ3n) is 13.9. The summed E-state index contributed by atoms with van der Waals surface area (Å²) in [5.74, 6) is -0.548. The molecule has 0 aromatic heterocycles. The highest BCUT2D eigenvalue weighted by atomic mass is 31.2. The highest BCUT2D eigenvalue weighted by Crippen LogP contribution is 2.38. The first-order valence-electron chi connectivity index (χ1n) is 31.7. The topological polar surface area (TPSA) is 114 Å². The Morgan fingerprint density at radius 2 is 0.842 bits per heavy atom. The Labute approximate surface area is 470 Å². The minimum Gasteiger partial charge on any atom is -0.756 e. The van der Waals surface area contributed by atoms with E-state index in [-0.39, 0.29) is 24.9 Å². The zero-order chi connectivity index (χ0) is 55.7. The van der Waals surface area contributed by atoms with Crippen LogP contribution < -0.4 is 10.2 Å². The molecule has 0 aromatic rings. The molecule has 10 heteroatoms. The van der Waals surface area contributed by atoms with Gasteiger partial charge in [0.1, 0.15) is 19.3 Å². The van der Waals surface area contributed by atoms with Crippen LogP contribution in [0, 0.1) is 0 Å². The van der Waals surface area contributed by atoms with E-state index in [9.17, 15) is 19.0 Å². The van der Waals surface area contributed by atoms with Gasteiger partial charge in [-0.15, -0.1) is 0 Å². The summed E-state index contributed by atoms with van der Waals surface area (Å²) in [7, 11) is 1.18. The molecule has 0 bridgehead atoms. The fraction of sp³-hybridized carbons (Fsp3) is 0.788. The number of hydrogen-bond acceptors (Lipinski definition) is 7. The average molecular weight is 1090 g/mol. The third kappa shape index (κ3) is 56.2. The second-order valence-corrected chi connectivity index (χ2v) is 23.9. The quantitative estimate of drug-likeness (QED) is 0.0212. The first-order valence-corrected chi connectivity index (χ1v) is 33.2. The molecule has 0 saturated carbocycles. The van der Waals surface area contributed by atoms with Crippen molar-refractivity contribution in [2.75, 3.05) is 40.9 Å². The van der Waals surface area contributed by atoms with Gasteiger partial charge in [0, 0.05) is 12.8 Å². The van der Waals surface area contributed by atoms with Crippen molar-refractivity contribution < 1.29 is 37.3 Å².